The fourth-order valence-corrected chi connectivity index (χ4v) is 8.70. The standard InChI is InChI=1S/C34H31O5PS/c1-24-10-19-32(22-25(24)2)41(36,37)33-20-21-34(26(3)23-33)39-28-13-17-31(18-14-28)40(35,29-8-6-5-7-9-29)30-15-11-27(38-4)12-16-30/h5-23H,1-4H3. The summed E-state index contributed by atoms with van der Waals surface area (Å²) < 4.78 is 52.6. The van der Waals surface area contributed by atoms with E-state index >= 15 is 0 Å². The van der Waals surface area contributed by atoms with Crippen LogP contribution in [-0.2, 0) is 14.4 Å². The maximum absolute atomic E-state index is 14.7. The molecule has 0 saturated carbocycles. The topological polar surface area (TPSA) is 69.7 Å². The monoisotopic (exact) mass is 582 g/mol. The molecule has 1 atom stereocenters. The highest BCUT2D eigenvalue weighted by molar-refractivity contribution is 7.91. The van der Waals surface area contributed by atoms with Crippen molar-refractivity contribution in [2.24, 2.45) is 0 Å². The predicted octanol–water partition coefficient (Wildman–Crippen LogP) is 6.88. The molecule has 0 aliphatic rings. The third-order valence-electron chi connectivity index (χ3n) is 7.23. The van der Waals surface area contributed by atoms with Crippen LogP contribution >= 0.6 is 7.14 Å². The number of hydrogen-bond donors (Lipinski definition) is 0. The Kier molecular flexibility index (Phi) is 7.90. The van der Waals surface area contributed by atoms with E-state index in [4.69, 9.17) is 9.47 Å². The molecule has 5 aromatic rings. The van der Waals surface area contributed by atoms with Crippen LogP contribution in [-0.4, -0.2) is 15.5 Å². The van der Waals surface area contributed by atoms with Gasteiger partial charge in [-0.25, -0.2) is 8.42 Å². The minimum Gasteiger partial charge on any atom is -0.497 e. The highest BCUT2D eigenvalue weighted by Gasteiger charge is 2.30. The second-order valence-corrected chi connectivity index (χ2v) is 14.6. The fourth-order valence-electron chi connectivity index (χ4n) is 4.65. The smallest absolute Gasteiger partial charge is 0.206 e. The van der Waals surface area contributed by atoms with Gasteiger partial charge in [-0.3, -0.25) is 0 Å². The highest BCUT2D eigenvalue weighted by atomic mass is 32.2. The number of sulfone groups is 1. The summed E-state index contributed by atoms with van der Waals surface area (Å²) >= 11 is 0. The quantitative estimate of drug-likeness (QED) is 0.187. The van der Waals surface area contributed by atoms with Gasteiger partial charge in [-0.2, -0.15) is 0 Å². The molecule has 0 amide bonds. The largest absolute Gasteiger partial charge is 0.497 e. The van der Waals surface area contributed by atoms with Crippen molar-refractivity contribution in [2.75, 3.05) is 7.11 Å². The van der Waals surface area contributed by atoms with Gasteiger partial charge in [0.05, 0.1) is 16.9 Å². The maximum atomic E-state index is 14.7. The molecule has 208 valence electrons. The zero-order chi connectivity index (χ0) is 29.2. The van der Waals surface area contributed by atoms with Gasteiger partial charge in [0.15, 0.2) is 7.14 Å². The van der Waals surface area contributed by atoms with Gasteiger partial charge >= 0.3 is 0 Å². The number of benzene rings is 5. The zero-order valence-corrected chi connectivity index (χ0v) is 25.1. The molecule has 0 N–H and O–H groups in total. The van der Waals surface area contributed by atoms with Crippen molar-refractivity contribution in [3.8, 4) is 17.2 Å². The molecule has 0 aliphatic carbocycles. The Morgan fingerprint density at radius 1 is 0.561 bits per heavy atom. The minimum absolute atomic E-state index is 0.212. The molecule has 0 spiro atoms. The predicted molar refractivity (Wildman–Crippen MR) is 165 cm³/mol. The second-order valence-electron chi connectivity index (χ2n) is 9.92. The molecular weight excluding hydrogens is 551 g/mol. The highest BCUT2D eigenvalue weighted by Crippen LogP contribution is 2.43. The molecule has 0 bridgehead atoms. The van der Waals surface area contributed by atoms with Crippen LogP contribution < -0.4 is 25.4 Å². The summed E-state index contributed by atoms with van der Waals surface area (Å²) in [5.41, 5.74) is 2.65. The average Bonchev–Trinajstić information content (AvgIpc) is 3.00. The lowest BCUT2D eigenvalue weighted by Crippen LogP contribution is -2.24. The zero-order valence-electron chi connectivity index (χ0n) is 23.4. The molecular formula is C34H31O5PS. The summed E-state index contributed by atoms with van der Waals surface area (Å²) in [5.74, 6) is 1.79. The number of aryl methyl sites for hydroxylation is 3. The van der Waals surface area contributed by atoms with Crippen molar-refractivity contribution in [3.05, 3.63) is 132 Å². The van der Waals surface area contributed by atoms with Crippen LogP contribution in [0.1, 0.15) is 16.7 Å². The van der Waals surface area contributed by atoms with E-state index in [2.05, 4.69) is 0 Å². The van der Waals surface area contributed by atoms with Crippen molar-refractivity contribution in [2.45, 2.75) is 30.6 Å². The Morgan fingerprint density at radius 2 is 1.07 bits per heavy atom. The second kappa shape index (κ2) is 11.4. The summed E-state index contributed by atoms with van der Waals surface area (Å²) in [7, 11) is -5.22. The molecule has 1 unspecified atom stereocenters. The van der Waals surface area contributed by atoms with Gasteiger partial charge in [0, 0.05) is 15.9 Å². The first-order valence-corrected chi connectivity index (χ1v) is 16.3. The number of methoxy groups -OCH3 is 1. The van der Waals surface area contributed by atoms with E-state index in [1.807, 2.05) is 93.6 Å². The number of hydrogen-bond acceptors (Lipinski definition) is 5. The van der Waals surface area contributed by atoms with Crippen LogP contribution in [0.15, 0.2) is 125 Å². The summed E-state index contributed by atoms with van der Waals surface area (Å²) in [6, 6.07) is 34.0. The van der Waals surface area contributed by atoms with E-state index in [-0.39, 0.29) is 9.79 Å². The molecule has 0 saturated heterocycles. The van der Waals surface area contributed by atoms with Gasteiger partial charge in [-0.1, -0.05) is 36.4 Å². The molecule has 0 radical (unpaired) electrons. The van der Waals surface area contributed by atoms with Crippen molar-refractivity contribution >= 4 is 32.9 Å². The van der Waals surface area contributed by atoms with E-state index in [1.165, 1.54) is 0 Å². The first-order chi connectivity index (χ1) is 19.6. The SMILES string of the molecule is COc1ccc(P(=O)(c2ccccc2)c2ccc(Oc3ccc(S(=O)(=O)c4ccc(C)c(C)c4)cc3C)cc2)cc1. The molecule has 41 heavy (non-hydrogen) atoms. The van der Waals surface area contributed by atoms with Crippen molar-refractivity contribution in [3.63, 3.8) is 0 Å². The third-order valence-corrected chi connectivity index (χ3v) is 12.1. The minimum atomic E-state index is -3.66. The number of rotatable bonds is 8. The Balaban J connectivity index is 1.43. The Labute approximate surface area is 241 Å². The van der Waals surface area contributed by atoms with Gasteiger partial charge in [-0.15, -0.1) is 0 Å². The molecule has 5 aromatic carbocycles. The van der Waals surface area contributed by atoms with E-state index in [0.717, 1.165) is 16.4 Å². The summed E-state index contributed by atoms with van der Waals surface area (Å²) in [5, 5.41) is 2.11. The molecule has 0 aromatic heterocycles. The van der Waals surface area contributed by atoms with E-state index in [9.17, 15) is 13.0 Å². The molecule has 5 rings (SSSR count). The Bertz CT molecular complexity index is 1850. The summed E-state index contributed by atoms with van der Waals surface area (Å²) in [6.45, 7) is 5.67. The number of ether oxygens (including phenoxy) is 2. The lowest BCUT2D eigenvalue weighted by Gasteiger charge is -2.20. The van der Waals surface area contributed by atoms with Gasteiger partial charge < -0.3 is 14.0 Å². The van der Waals surface area contributed by atoms with Crippen molar-refractivity contribution < 1.29 is 22.5 Å². The van der Waals surface area contributed by atoms with Crippen LogP contribution in [0.2, 0.25) is 0 Å². The maximum Gasteiger partial charge on any atom is 0.206 e. The lowest BCUT2D eigenvalue weighted by atomic mass is 10.1. The van der Waals surface area contributed by atoms with Crippen LogP contribution in [0.3, 0.4) is 0 Å². The molecule has 0 aliphatic heterocycles. The van der Waals surface area contributed by atoms with Crippen LogP contribution in [0.5, 0.6) is 17.2 Å². The molecule has 7 heteroatoms. The van der Waals surface area contributed by atoms with Crippen LogP contribution in [0.4, 0.5) is 0 Å². The van der Waals surface area contributed by atoms with Gasteiger partial charge in [0.25, 0.3) is 0 Å². The van der Waals surface area contributed by atoms with Gasteiger partial charge in [0.2, 0.25) is 9.84 Å². The van der Waals surface area contributed by atoms with Crippen molar-refractivity contribution in [1.82, 2.24) is 0 Å². The first-order valence-electron chi connectivity index (χ1n) is 13.1. The lowest BCUT2D eigenvalue weighted by molar-refractivity contribution is 0.415. The van der Waals surface area contributed by atoms with Gasteiger partial charge in [0.1, 0.15) is 17.2 Å². The first kappa shape index (κ1) is 28.4. The molecule has 0 heterocycles. The van der Waals surface area contributed by atoms with E-state index < -0.39 is 17.0 Å². The van der Waals surface area contributed by atoms with Crippen LogP contribution in [0.25, 0.3) is 0 Å². The molecule has 0 fully saturated rings. The van der Waals surface area contributed by atoms with E-state index in [0.29, 0.717) is 33.4 Å². The fraction of sp³-hybridized carbons (Fsp3) is 0.118. The summed E-state index contributed by atoms with van der Waals surface area (Å²) in [6.07, 6.45) is 0. The average molecular weight is 583 g/mol. The van der Waals surface area contributed by atoms with Gasteiger partial charge in [-0.05, 0) is 116 Å². The third kappa shape index (κ3) is 5.58. The van der Waals surface area contributed by atoms with Crippen molar-refractivity contribution in [1.29, 1.82) is 0 Å². The summed E-state index contributed by atoms with van der Waals surface area (Å²) in [4.78, 5) is 0.480. The Hall–Kier alpha value is -4.12. The molecule has 5 nitrogen and oxygen atoms in total. The van der Waals surface area contributed by atoms with E-state index in [1.54, 1.807) is 49.6 Å². The normalized spacial score (nSPS) is 12.9. The Morgan fingerprint density at radius 3 is 1.61 bits per heavy atom. The van der Waals surface area contributed by atoms with Crippen LogP contribution in [0, 0.1) is 20.8 Å².